The van der Waals surface area contributed by atoms with Gasteiger partial charge in [-0.3, -0.25) is 10.1 Å². The Morgan fingerprint density at radius 1 is 1.29 bits per heavy atom. The van der Waals surface area contributed by atoms with Crippen LogP contribution in [0.3, 0.4) is 0 Å². The molecule has 0 saturated heterocycles. The molecule has 0 saturated carbocycles. The van der Waals surface area contributed by atoms with Crippen LogP contribution < -0.4 is 5.32 Å². The largest absolute Gasteiger partial charge is 0.444 e. The molecule has 2 aromatic heterocycles. The van der Waals surface area contributed by atoms with Crippen LogP contribution in [0.4, 0.5) is 5.13 Å². The molecule has 0 unspecified atom stereocenters. The summed E-state index contributed by atoms with van der Waals surface area (Å²) in [6.45, 7) is 4.18. The van der Waals surface area contributed by atoms with Gasteiger partial charge in [0, 0.05) is 5.75 Å². The number of carbonyl (C=O) groups excluding carboxylic acids is 1. The molecule has 1 N–H and O–H groups in total. The number of hydrogen-bond acceptors (Lipinski definition) is 6. The molecule has 0 aliphatic heterocycles. The van der Waals surface area contributed by atoms with Crippen LogP contribution in [0.2, 0.25) is 0 Å². The van der Waals surface area contributed by atoms with E-state index in [1.807, 2.05) is 0 Å². The van der Waals surface area contributed by atoms with E-state index in [4.69, 9.17) is 4.42 Å². The molecule has 1 aromatic carbocycles. The monoisotopic (exact) mass is 423 g/mol. The highest BCUT2D eigenvalue weighted by molar-refractivity contribution is 9.10. The molecule has 24 heavy (non-hydrogen) atoms. The number of nitrogens with one attached hydrogen (secondary N) is 1. The van der Waals surface area contributed by atoms with Gasteiger partial charge in [-0.15, -0.1) is 10.2 Å². The minimum atomic E-state index is -0.345. The number of amides is 1. The molecule has 0 aliphatic rings. The number of hydrogen-bond donors (Lipinski definition) is 1. The Kier molecular flexibility index (Phi) is 5.37. The predicted octanol–water partition coefficient (Wildman–Crippen LogP) is 5.06. The number of furan rings is 1. The number of halogens is 1. The summed E-state index contributed by atoms with van der Waals surface area (Å²) in [7, 11) is 0. The number of anilines is 1. The average molecular weight is 424 g/mol. The van der Waals surface area contributed by atoms with Crippen molar-refractivity contribution >= 4 is 50.1 Å². The smallest absolute Gasteiger partial charge is 0.293 e. The second-order valence-corrected chi connectivity index (χ2v) is 8.13. The molecule has 0 bridgehead atoms. The Morgan fingerprint density at radius 2 is 2.12 bits per heavy atom. The maximum Gasteiger partial charge on any atom is 0.293 e. The molecule has 5 nitrogen and oxygen atoms in total. The SMILES string of the molecule is Cc1ccc(C)c(CSc2nnc(NC(=O)c3ccc(Br)o3)s2)c1. The molecule has 0 atom stereocenters. The molecule has 0 aliphatic carbocycles. The first-order valence-electron chi connectivity index (χ1n) is 7.10. The fourth-order valence-electron chi connectivity index (χ4n) is 2.01. The summed E-state index contributed by atoms with van der Waals surface area (Å²) >= 11 is 6.12. The Bertz CT molecular complexity index is 876. The molecule has 3 aromatic rings. The van der Waals surface area contributed by atoms with E-state index in [1.54, 1.807) is 23.9 Å². The van der Waals surface area contributed by atoms with Crippen molar-refractivity contribution < 1.29 is 9.21 Å². The highest BCUT2D eigenvalue weighted by atomic mass is 79.9. The number of thioether (sulfide) groups is 1. The third kappa shape index (κ3) is 4.25. The van der Waals surface area contributed by atoms with E-state index in [0.29, 0.717) is 9.80 Å². The Morgan fingerprint density at radius 3 is 2.88 bits per heavy atom. The number of nitrogens with zero attached hydrogens (tertiary/aromatic N) is 2. The van der Waals surface area contributed by atoms with Gasteiger partial charge < -0.3 is 4.42 Å². The average Bonchev–Trinajstić information content (AvgIpc) is 3.17. The first kappa shape index (κ1) is 17.2. The Hall–Kier alpha value is -1.64. The summed E-state index contributed by atoms with van der Waals surface area (Å²) in [6, 6.07) is 9.67. The fraction of sp³-hybridized carbons (Fsp3) is 0.188. The molecular formula is C16H14BrN3O2S2. The number of aromatic nitrogens is 2. The summed E-state index contributed by atoms with van der Waals surface area (Å²) in [6.07, 6.45) is 0. The van der Waals surface area contributed by atoms with E-state index in [1.165, 1.54) is 28.0 Å². The van der Waals surface area contributed by atoms with Gasteiger partial charge >= 0.3 is 0 Å². The summed E-state index contributed by atoms with van der Waals surface area (Å²) in [5, 5.41) is 11.3. The molecule has 124 valence electrons. The third-order valence-corrected chi connectivity index (χ3v) is 5.73. The molecule has 0 radical (unpaired) electrons. The highest BCUT2D eigenvalue weighted by Crippen LogP contribution is 2.29. The highest BCUT2D eigenvalue weighted by Gasteiger charge is 2.14. The lowest BCUT2D eigenvalue weighted by Crippen LogP contribution is -2.10. The van der Waals surface area contributed by atoms with Gasteiger partial charge in [0.15, 0.2) is 14.8 Å². The van der Waals surface area contributed by atoms with E-state index in [0.717, 1.165) is 10.1 Å². The zero-order valence-electron chi connectivity index (χ0n) is 13.0. The van der Waals surface area contributed by atoms with Gasteiger partial charge in [-0.2, -0.15) is 0 Å². The fourth-order valence-corrected chi connectivity index (χ4v) is 4.13. The van der Waals surface area contributed by atoms with Crippen molar-refractivity contribution in [3.8, 4) is 0 Å². The molecule has 8 heteroatoms. The summed E-state index contributed by atoms with van der Waals surface area (Å²) in [4.78, 5) is 12.0. The third-order valence-electron chi connectivity index (χ3n) is 3.28. The van der Waals surface area contributed by atoms with E-state index < -0.39 is 0 Å². The topological polar surface area (TPSA) is 68.0 Å². The number of rotatable bonds is 5. The van der Waals surface area contributed by atoms with Crippen LogP contribution in [0.1, 0.15) is 27.2 Å². The molecule has 0 spiro atoms. The predicted molar refractivity (Wildman–Crippen MR) is 99.7 cm³/mol. The van der Waals surface area contributed by atoms with Crippen molar-refractivity contribution in [1.82, 2.24) is 10.2 Å². The van der Waals surface area contributed by atoms with E-state index in [-0.39, 0.29) is 11.7 Å². The molecule has 3 rings (SSSR count). The van der Waals surface area contributed by atoms with Crippen molar-refractivity contribution in [2.45, 2.75) is 23.9 Å². The van der Waals surface area contributed by atoms with Crippen molar-refractivity contribution in [2.24, 2.45) is 0 Å². The maximum atomic E-state index is 12.0. The second kappa shape index (κ2) is 7.50. The molecule has 2 heterocycles. The Balaban J connectivity index is 1.61. The summed E-state index contributed by atoms with van der Waals surface area (Å²) < 4.78 is 6.53. The van der Waals surface area contributed by atoms with Gasteiger partial charge in [0.25, 0.3) is 5.91 Å². The lowest BCUT2D eigenvalue weighted by molar-refractivity contribution is 0.0995. The van der Waals surface area contributed by atoms with Crippen molar-refractivity contribution in [3.63, 3.8) is 0 Å². The number of aryl methyl sites for hydroxylation is 2. The first-order valence-corrected chi connectivity index (χ1v) is 9.70. The lowest BCUT2D eigenvalue weighted by Gasteiger charge is -2.05. The van der Waals surface area contributed by atoms with Crippen LogP contribution in [0.5, 0.6) is 0 Å². The van der Waals surface area contributed by atoms with E-state index in [9.17, 15) is 4.79 Å². The van der Waals surface area contributed by atoms with Crippen molar-refractivity contribution in [1.29, 1.82) is 0 Å². The van der Waals surface area contributed by atoms with Gasteiger partial charge in [0.05, 0.1) is 0 Å². The van der Waals surface area contributed by atoms with E-state index >= 15 is 0 Å². The van der Waals surface area contributed by atoms with E-state index in [2.05, 4.69) is 63.5 Å². The van der Waals surface area contributed by atoms with Crippen molar-refractivity contribution in [3.05, 3.63) is 57.5 Å². The standard InChI is InChI=1S/C16H14BrN3O2S2/c1-9-3-4-10(2)11(7-9)8-23-16-20-19-15(24-16)18-14(21)12-5-6-13(17)22-12/h3-7H,8H2,1-2H3,(H,18,19,21). The molecular weight excluding hydrogens is 410 g/mol. The molecule has 1 amide bonds. The number of benzene rings is 1. The quantitative estimate of drug-likeness (QED) is 0.458. The molecule has 0 fully saturated rings. The lowest BCUT2D eigenvalue weighted by atomic mass is 10.1. The van der Waals surface area contributed by atoms with Crippen LogP contribution in [-0.4, -0.2) is 16.1 Å². The van der Waals surface area contributed by atoms with Gasteiger partial charge in [-0.25, -0.2) is 0 Å². The van der Waals surface area contributed by atoms with Crippen LogP contribution in [0.15, 0.2) is 43.8 Å². The summed E-state index contributed by atoms with van der Waals surface area (Å²) in [5.74, 6) is 0.700. The number of carbonyl (C=O) groups is 1. The Labute approximate surface area is 156 Å². The maximum absolute atomic E-state index is 12.0. The van der Waals surface area contributed by atoms with Gasteiger partial charge in [-0.05, 0) is 53.0 Å². The van der Waals surface area contributed by atoms with Crippen LogP contribution in [0, 0.1) is 13.8 Å². The van der Waals surface area contributed by atoms with Crippen LogP contribution in [0.25, 0.3) is 0 Å². The summed E-state index contributed by atoms with van der Waals surface area (Å²) in [5.41, 5.74) is 3.78. The zero-order valence-corrected chi connectivity index (χ0v) is 16.2. The van der Waals surface area contributed by atoms with Gasteiger partial charge in [0.2, 0.25) is 5.13 Å². The minimum absolute atomic E-state index is 0.224. The van der Waals surface area contributed by atoms with Crippen LogP contribution in [-0.2, 0) is 5.75 Å². The van der Waals surface area contributed by atoms with Gasteiger partial charge in [0.1, 0.15) is 0 Å². The normalized spacial score (nSPS) is 10.8. The minimum Gasteiger partial charge on any atom is -0.444 e. The zero-order chi connectivity index (χ0) is 17.1. The second-order valence-electron chi connectivity index (χ2n) is 5.15. The first-order chi connectivity index (χ1) is 11.5. The van der Waals surface area contributed by atoms with Crippen molar-refractivity contribution in [2.75, 3.05) is 5.32 Å². The van der Waals surface area contributed by atoms with Gasteiger partial charge in [-0.1, -0.05) is 46.9 Å². The van der Waals surface area contributed by atoms with Crippen LogP contribution >= 0.6 is 39.0 Å².